The van der Waals surface area contributed by atoms with Gasteiger partial charge in [-0.2, -0.15) is 0 Å². The molecule has 0 radical (unpaired) electrons. The summed E-state index contributed by atoms with van der Waals surface area (Å²) in [5.74, 6) is 0. The van der Waals surface area contributed by atoms with Crippen LogP contribution in [0, 0.1) is 0 Å². The summed E-state index contributed by atoms with van der Waals surface area (Å²) in [6, 6.07) is 7.23. The SMILES string of the molecule is CN(C)CCNc1ccc2c(CCNC(=O)P)cc(=O)oc2c1. The van der Waals surface area contributed by atoms with Crippen molar-refractivity contribution in [1.82, 2.24) is 10.2 Å². The van der Waals surface area contributed by atoms with Crippen molar-refractivity contribution >= 4 is 31.5 Å². The van der Waals surface area contributed by atoms with Gasteiger partial charge < -0.3 is 20.0 Å². The molecule has 0 fully saturated rings. The van der Waals surface area contributed by atoms with Gasteiger partial charge in [-0.15, -0.1) is 0 Å². The summed E-state index contributed by atoms with van der Waals surface area (Å²) in [7, 11) is 6.10. The second-order valence-electron chi connectivity index (χ2n) is 5.57. The summed E-state index contributed by atoms with van der Waals surface area (Å²) in [5.41, 5.74) is 1.80. The summed E-state index contributed by atoms with van der Waals surface area (Å²) in [6.45, 7) is 2.20. The highest BCUT2D eigenvalue weighted by molar-refractivity contribution is 7.39. The van der Waals surface area contributed by atoms with E-state index in [2.05, 4.69) is 24.8 Å². The number of amides is 1. The average Bonchev–Trinajstić information content (AvgIpc) is 2.45. The fourth-order valence-electron chi connectivity index (χ4n) is 2.29. The molecule has 1 atom stereocenters. The molecule has 0 bridgehead atoms. The number of fused-ring (bicyclic) bond motifs is 1. The normalized spacial score (nSPS) is 11.0. The number of likely N-dealkylation sites (N-methyl/N-ethyl adjacent to an activating group) is 1. The Balaban J connectivity index is 2.18. The Labute approximate surface area is 137 Å². The molecule has 124 valence electrons. The first kappa shape index (κ1) is 17.4. The fraction of sp³-hybridized carbons (Fsp3) is 0.375. The van der Waals surface area contributed by atoms with E-state index in [-0.39, 0.29) is 11.3 Å². The lowest BCUT2D eigenvalue weighted by Crippen LogP contribution is -2.20. The summed E-state index contributed by atoms with van der Waals surface area (Å²) in [6.07, 6.45) is 0.579. The number of carbonyl (C=O) groups is 1. The van der Waals surface area contributed by atoms with E-state index >= 15 is 0 Å². The predicted molar refractivity (Wildman–Crippen MR) is 96.3 cm³/mol. The monoisotopic (exact) mass is 335 g/mol. The maximum atomic E-state index is 11.7. The zero-order chi connectivity index (χ0) is 16.8. The lowest BCUT2D eigenvalue weighted by atomic mass is 10.1. The molecular formula is C16H22N3O3P. The standard InChI is InChI=1S/C16H22N3O3P/c1-19(2)8-7-17-12-3-4-13-11(5-6-18-16(21)23)9-15(20)22-14(13)10-12/h3-4,9-10,17H,5-8,23H2,1-2H3,(H,18,21). The molecular weight excluding hydrogens is 313 g/mol. The maximum absolute atomic E-state index is 11.7. The van der Waals surface area contributed by atoms with Crippen LogP contribution >= 0.6 is 9.24 Å². The van der Waals surface area contributed by atoms with Crippen LogP contribution in [0.4, 0.5) is 10.5 Å². The first-order chi connectivity index (χ1) is 11.0. The molecule has 2 aromatic rings. The number of hydrogen-bond acceptors (Lipinski definition) is 5. The quantitative estimate of drug-likeness (QED) is 0.597. The smallest absolute Gasteiger partial charge is 0.336 e. The molecule has 2 rings (SSSR count). The van der Waals surface area contributed by atoms with Gasteiger partial charge in [-0.25, -0.2) is 4.79 Å². The van der Waals surface area contributed by atoms with Crippen molar-refractivity contribution in [1.29, 1.82) is 0 Å². The predicted octanol–water partition coefficient (Wildman–Crippen LogP) is 1.89. The van der Waals surface area contributed by atoms with E-state index in [1.54, 1.807) is 0 Å². The van der Waals surface area contributed by atoms with Gasteiger partial charge in [0.1, 0.15) is 5.58 Å². The number of anilines is 1. The first-order valence-corrected chi connectivity index (χ1v) is 8.02. The fourth-order valence-corrected chi connectivity index (χ4v) is 2.44. The van der Waals surface area contributed by atoms with E-state index in [1.165, 1.54) is 6.07 Å². The Morgan fingerprint density at radius 3 is 2.74 bits per heavy atom. The van der Waals surface area contributed by atoms with Crippen molar-refractivity contribution in [2.24, 2.45) is 0 Å². The molecule has 23 heavy (non-hydrogen) atoms. The van der Waals surface area contributed by atoms with Crippen LogP contribution < -0.4 is 16.3 Å². The Morgan fingerprint density at radius 2 is 2.04 bits per heavy atom. The van der Waals surface area contributed by atoms with Gasteiger partial charge in [0.05, 0.1) is 0 Å². The number of carbonyl (C=O) groups excluding carboxylic acids is 1. The molecule has 1 amide bonds. The van der Waals surface area contributed by atoms with Gasteiger partial charge in [0, 0.05) is 42.8 Å². The van der Waals surface area contributed by atoms with Crippen molar-refractivity contribution < 1.29 is 9.21 Å². The largest absolute Gasteiger partial charge is 0.423 e. The minimum Gasteiger partial charge on any atom is -0.423 e. The summed E-state index contributed by atoms with van der Waals surface area (Å²) in [4.78, 5) is 24.7. The minimum atomic E-state index is -0.379. The molecule has 7 heteroatoms. The van der Waals surface area contributed by atoms with E-state index < -0.39 is 0 Å². The van der Waals surface area contributed by atoms with Gasteiger partial charge in [0.2, 0.25) is 5.65 Å². The van der Waals surface area contributed by atoms with Crippen LogP contribution in [-0.4, -0.2) is 44.3 Å². The molecule has 0 aliphatic rings. The summed E-state index contributed by atoms with van der Waals surface area (Å²) in [5, 5.41) is 6.89. The number of hydrogen-bond donors (Lipinski definition) is 2. The molecule has 6 nitrogen and oxygen atoms in total. The maximum Gasteiger partial charge on any atom is 0.336 e. The van der Waals surface area contributed by atoms with Crippen molar-refractivity contribution in [3.05, 3.63) is 40.2 Å². The third kappa shape index (κ3) is 5.34. The zero-order valence-corrected chi connectivity index (χ0v) is 14.5. The van der Waals surface area contributed by atoms with Crippen LogP contribution in [0.1, 0.15) is 5.56 Å². The summed E-state index contributed by atoms with van der Waals surface area (Å²) >= 11 is 0. The molecule has 0 aliphatic heterocycles. The van der Waals surface area contributed by atoms with Crippen LogP contribution in [-0.2, 0) is 6.42 Å². The lowest BCUT2D eigenvalue weighted by molar-refractivity contribution is 0.260. The number of rotatable bonds is 7. The van der Waals surface area contributed by atoms with Crippen LogP contribution in [0.15, 0.2) is 33.5 Å². The van der Waals surface area contributed by atoms with Crippen molar-refractivity contribution in [3.8, 4) is 0 Å². The van der Waals surface area contributed by atoms with Crippen LogP contribution in [0.25, 0.3) is 11.0 Å². The molecule has 0 saturated carbocycles. The van der Waals surface area contributed by atoms with Gasteiger partial charge in [0.25, 0.3) is 0 Å². The molecule has 0 aliphatic carbocycles. The van der Waals surface area contributed by atoms with Crippen LogP contribution in [0.5, 0.6) is 0 Å². The van der Waals surface area contributed by atoms with Crippen molar-refractivity contribution in [2.45, 2.75) is 6.42 Å². The molecule has 1 aromatic carbocycles. The van der Waals surface area contributed by atoms with E-state index in [0.717, 1.165) is 29.7 Å². The van der Waals surface area contributed by atoms with Gasteiger partial charge >= 0.3 is 5.63 Å². The van der Waals surface area contributed by atoms with Crippen molar-refractivity contribution in [2.75, 3.05) is 39.0 Å². The third-order valence-corrected chi connectivity index (χ3v) is 3.62. The van der Waals surface area contributed by atoms with Gasteiger partial charge in [0.15, 0.2) is 0 Å². The Bertz CT molecular complexity index is 743. The Hall–Kier alpha value is -1.91. The lowest BCUT2D eigenvalue weighted by Gasteiger charge is -2.12. The summed E-state index contributed by atoms with van der Waals surface area (Å²) < 4.78 is 5.30. The molecule has 0 saturated heterocycles. The van der Waals surface area contributed by atoms with Crippen LogP contribution in [0.3, 0.4) is 0 Å². The highest BCUT2D eigenvalue weighted by Crippen LogP contribution is 2.21. The number of nitrogens with one attached hydrogen (secondary N) is 2. The molecule has 2 N–H and O–H groups in total. The first-order valence-electron chi connectivity index (χ1n) is 7.44. The number of benzene rings is 1. The van der Waals surface area contributed by atoms with Gasteiger partial charge in [-0.05, 0) is 47.5 Å². The Morgan fingerprint density at radius 1 is 1.26 bits per heavy atom. The highest BCUT2D eigenvalue weighted by Gasteiger charge is 2.07. The third-order valence-electron chi connectivity index (χ3n) is 3.41. The molecule has 1 aromatic heterocycles. The second kappa shape index (κ2) is 8.09. The van der Waals surface area contributed by atoms with Crippen molar-refractivity contribution in [3.63, 3.8) is 0 Å². The van der Waals surface area contributed by atoms with E-state index in [9.17, 15) is 9.59 Å². The number of nitrogens with zero attached hydrogens (tertiary/aromatic N) is 1. The van der Waals surface area contributed by atoms with Gasteiger partial charge in [-0.1, -0.05) is 0 Å². The average molecular weight is 335 g/mol. The van der Waals surface area contributed by atoms with E-state index in [4.69, 9.17) is 4.42 Å². The second-order valence-corrected chi connectivity index (χ2v) is 6.10. The highest BCUT2D eigenvalue weighted by atomic mass is 31.0. The topological polar surface area (TPSA) is 74.6 Å². The van der Waals surface area contributed by atoms with Crippen LogP contribution in [0.2, 0.25) is 0 Å². The molecule has 1 heterocycles. The zero-order valence-electron chi connectivity index (χ0n) is 13.4. The van der Waals surface area contributed by atoms with E-state index in [1.807, 2.05) is 32.3 Å². The molecule has 1 unspecified atom stereocenters. The van der Waals surface area contributed by atoms with Gasteiger partial charge in [-0.3, -0.25) is 4.79 Å². The minimum absolute atomic E-state index is 0.162. The molecule has 0 spiro atoms. The van der Waals surface area contributed by atoms with E-state index in [0.29, 0.717) is 18.5 Å². The Kier molecular flexibility index (Phi) is 6.13.